The highest BCUT2D eigenvalue weighted by Crippen LogP contribution is 2.41. The smallest absolute Gasteiger partial charge is 0.330 e. The van der Waals surface area contributed by atoms with E-state index in [-0.39, 0.29) is 11.4 Å². The monoisotopic (exact) mass is 404 g/mol. The lowest BCUT2D eigenvalue weighted by Gasteiger charge is -2.33. The van der Waals surface area contributed by atoms with Crippen molar-refractivity contribution in [2.75, 3.05) is 6.61 Å². The van der Waals surface area contributed by atoms with Crippen molar-refractivity contribution in [1.82, 2.24) is 0 Å². The molecule has 2 nitrogen and oxygen atoms in total. The second-order valence-corrected chi connectivity index (χ2v) is 8.75. The maximum absolute atomic E-state index is 11.6. The molecule has 0 spiro atoms. The van der Waals surface area contributed by atoms with Gasteiger partial charge in [-0.1, -0.05) is 79.6 Å². The van der Waals surface area contributed by atoms with Gasteiger partial charge in [0.25, 0.3) is 0 Å². The van der Waals surface area contributed by atoms with Gasteiger partial charge in [0.05, 0.1) is 6.61 Å². The first-order valence-corrected chi connectivity index (χ1v) is 10.9. The standard InChI is InChI=1S/C28H36O2/c1-7-30-27(29)20-22(3)10-8-12-24(25-15-13-21(2)14-16-25)17-18-26-23(4)11-9-19-28(26,5)6/h8,10,12-18,20H,7,9,11,19H2,1-6H3/b10-8+,18-17+,22-20-,24-12-. The molecule has 0 aliphatic heterocycles. The van der Waals surface area contributed by atoms with Gasteiger partial charge in [0.2, 0.25) is 0 Å². The Morgan fingerprint density at radius 2 is 1.83 bits per heavy atom. The Kier molecular flexibility index (Phi) is 8.65. The third-order valence-electron chi connectivity index (χ3n) is 5.62. The van der Waals surface area contributed by atoms with Crippen LogP contribution in [0.2, 0.25) is 0 Å². The lowest BCUT2D eigenvalue weighted by atomic mass is 9.72. The van der Waals surface area contributed by atoms with E-state index < -0.39 is 0 Å². The summed E-state index contributed by atoms with van der Waals surface area (Å²) >= 11 is 0. The molecular weight excluding hydrogens is 368 g/mol. The van der Waals surface area contributed by atoms with Crippen LogP contribution in [0.3, 0.4) is 0 Å². The minimum atomic E-state index is -0.302. The average molecular weight is 405 g/mol. The van der Waals surface area contributed by atoms with Crippen molar-refractivity contribution in [2.45, 2.75) is 60.8 Å². The highest BCUT2D eigenvalue weighted by atomic mass is 16.5. The first-order chi connectivity index (χ1) is 14.2. The van der Waals surface area contributed by atoms with Crippen molar-refractivity contribution in [2.24, 2.45) is 5.41 Å². The average Bonchev–Trinajstić information content (AvgIpc) is 2.66. The Labute approximate surface area is 182 Å². The Morgan fingerprint density at radius 1 is 1.13 bits per heavy atom. The van der Waals surface area contributed by atoms with Crippen molar-refractivity contribution in [3.05, 3.63) is 88.6 Å². The summed E-state index contributed by atoms with van der Waals surface area (Å²) in [6, 6.07) is 8.60. The third-order valence-corrected chi connectivity index (χ3v) is 5.62. The van der Waals surface area contributed by atoms with E-state index in [0.717, 1.165) is 11.1 Å². The molecule has 0 aromatic heterocycles. The van der Waals surface area contributed by atoms with Crippen LogP contribution in [0.25, 0.3) is 5.57 Å². The van der Waals surface area contributed by atoms with Crippen LogP contribution in [0.1, 0.15) is 65.0 Å². The molecule has 2 heteroatoms. The normalized spacial score (nSPS) is 17.8. The second kappa shape index (κ2) is 11.0. The van der Waals surface area contributed by atoms with Gasteiger partial charge in [0, 0.05) is 6.08 Å². The van der Waals surface area contributed by atoms with Crippen LogP contribution < -0.4 is 0 Å². The van der Waals surface area contributed by atoms with E-state index in [1.54, 1.807) is 0 Å². The fraction of sp³-hybridized carbons (Fsp3) is 0.393. The number of benzene rings is 1. The van der Waals surface area contributed by atoms with Crippen LogP contribution in [-0.4, -0.2) is 12.6 Å². The molecule has 30 heavy (non-hydrogen) atoms. The number of carbonyl (C=O) groups excluding carboxylic acids is 1. The van der Waals surface area contributed by atoms with Gasteiger partial charge in [0.1, 0.15) is 0 Å². The summed E-state index contributed by atoms with van der Waals surface area (Å²) in [5, 5.41) is 0. The minimum Gasteiger partial charge on any atom is -0.463 e. The van der Waals surface area contributed by atoms with Crippen molar-refractivity contribution in [3.63, 3.8) is 0 Å². The summed E-state index contributed by atoms with van der Waals surface area (Å²) in [7, 11) is 0. The zero-order chi connectivity index (χ0) is 22.1. The van der Waals surface area contributed by atoms with E-state index in [1.807, 2.05) is 26.0 Å². The Morgan fingerprint density at radius 3 is 2.47 bits per heavy atom. The highest BCUT2D eigenvalue weighted by molar-refractivity contribution is 5.83. The largest absolute Gasteiger partial charge is 0.463 e. The summed E-state index contributed by atoms with van der Waals surface area (Å²) < 4.78 is 4.97. The van der Waals surface area contributed by atoms with Crippen molar-refractivity contribution in [3.8, 4) is 0 Å². The molecule has 0 bridgehead atoms. The number of aryl methyl sites for hydroxylation is 1. The fourth-order valence-electron chi connectivity index (χ4n) is 3.90. The SMILES string of the molecule is CCOC(=O)\C=C(C)/C=C/C=C(/C=C/C1=C(C)CCCC1(C)C)c1ccc(C)cc1. The number of hydrogen-bond donors (Lipinski definition) is 0. The molecule has 0 heterocycles. The predicted molar refractivity (Wildman–Crippen MR) is 128 cm³/mol. The van der Waals surface area contributed by atoms with E-state index in [1.165, 1.54) is 47.6 Å². The molecule has 0 N–H and O–H groups in total. The molecule has 0 amide bonds. The van der Waals surface area contributed by atoms with Crippen LogP contribution in [-0.2, 0) is 9.53 Å². The number of rotatable bonds is 7. The maximum atomic E-state index is 11.6. The van der Waals surface area contributed by atoms with E-state index >= 15 is 0 Å². The number of hydrogen-bond acceptors (Lipinski definition) is 2. The van der Waals surface area contributed by atoms with Crippen LogP contribution in [0.4, 0.5) is 0 Å². The van der Waals surface area contributed by atoms with Crippen molar-refractivity contribution < 1.29 is 9.53 Å². The molecule has 160 valence electrons. The highest BCUT2D eigenvalue weighted by Gasteiger charge is 2.26. The molecule has 0 unspecified atom stereocenters. The molecule has 2 rings (SSSR count). The summed E-state index contributed by atoms with van der Waals surface area (Å²) in [6.45, 7) is 13.2. The number of ether oxygens (including phenoxy) is 1. The van der Waals surface area contributed by atoms with Gasteiger partial charge in [-0.05, 0) is 74.7 Å². The minimum absolute atomic E-state index is 0.214. The summed E-state index contributed by atoms with van der Waals surface area (Å²) in [5.74, 6) is -0.302. The summed E-state index contributed by atoms with van der Waals surface area (Å²) in [4.78, 5) is 11.6. The molecular formula is C28H36O2. The molecule has 1 aliphatic rings. The summed E-state index contributed by atoms with van der Waals surface area (Å²) in [5.41, 5.74) is 7.61. The maximum Gasteiger partial charge on any atom is 0.330 e. The predicted octanol–water partition coefficient (Wildman–Crippen LogP) is 7.53. The molecule has 0 saturated heterocycles. The molecule has 1 aromatic rings. The summed E-state index contributed by atoms with van der Waals surface area (Å²) in [6.07, 6.45) is 15.8. The van der Waals surface area contributed by atoms with Crippen LogP contribution in [0, 0.1) is 12.3 Å². The second-order valence-electron chi connectivity index (χ2n) is 8.75. The van der Waals surface area contributed by atoms with Crippen LogP contribution >= 0.6 is 0 Å². The van der Waals surface area contributed by atoms with Gasteiger partial charge in [-0.15, -0.1) is 0 Å². The fourth-order valence-corrected chi connectivity index (χ4v) is 3.90. The van der Waals surface area contributed by atoms with Crippen molar-refractivity contribution in [1.29, 1.82) is 0 Å². The zero-order valence-corrected chi connectivity index (χ0v) is 19.4. The van der Waals surface area contributed by atoms with Crippen molar-refractivity contribution >= 4 is 11.5 Å². The lowest BCUT2D eigenvalue weighted by Crippen LogP contribution is -2.19. The molecule has 1 aromatic carbocycles. The number of carbonyl (C=O) groups is 1. The van der Waals surface area contributed by atoms with Gasteiger partial charge in [0.15, 0.2) is 0 Å². The first kappa shape index (κ1) is 23.7. The van der Waals surface area contributed by atoms with Gasteiger partial charge in [-0.3, -0.25) is 0 Å². The first-order valence-electron chi connectivity index (χ1n) is 10.9. The van der Waals surface area contributed by atoms with Crippen LogP contribution in [0.15, 0.2) is 77.4 Å². The van der Waals surface area contributed by atoms with Crippen LogP contribution in [0.5, 0.6) is 0 Å². The molecule has 0 atom stereocenters. The molecule has 0 radical (unpaired) electrons. The lowest BCUT2D eigenvalue weighted by molar-refractivity contribution is -0.137. The Hall–Kier alpha value is -2.61. The van der Waals surface area contributed by atoms with E-state index in [0.29, 0.717) is 6.61 Å². The van der Waals surface area contributed by atoms with Gasteiger partial charge in [-0.2, -0.15) is 0 Å². The van der Waals surface area contributed by atoms with Gasteiger partial charge >= 0.3 is 5.97 Å². The Balaban J connectivity index is 2.34. The topological polar surface area (TPSA) is 26.3 Å². The van der Waals surface area contributed by atoms with Gasteiger partial charge < -0.3 is 4.74 Å². The molecule has 0 fully saturated rings. The van der Waals surface area contributed by atoms with E-state index in [2.05, 4.69) is 70.2 Å². The van der Waals surface area contributed by atoms with E-state index in [4.69, 9.17) is 4.74 Å². The Bertz CT molecular complexity index is 887. The quantitative estimate of drug-likeness (QED) is 0.267. The van der Waals surface area contributed by atoms with E-state index in [9.17, 15) is 4.79 Å². The zero-order valence-electron chi connectivity index (χ0n) is 19.4. The third kappa shape index (κ3) is 7.02. The van der Waals surface area contributed by atoms with Gasteiger partial charge in [-0.25, -0.2) is 4.79 Å². The molecule has 0 saturated carbocycles. The number of allylic oxidation sites excluding steroid dienone is 9. The molecule has 1 aliphatic carbocycles. The number of esters is 1.